The van der Waals surface area contributed by atoms with Crippen LogP contribution in [0.3, 0.4) is 0 Å². The van der Waals surface area contributed by atoms with Gasteiger partial charge in [0.15, 0.2) is 0 Å². The van der Waals surface area contributed by atoms with Crippen molar-refractivity contribution >= 4 is 0 Å². The molecule has 0 saturated carbocycles. The Hall–Kier alpha value is 0.690. The Balaban J connectivity index is 3.87. The quantitative estimate of drug-likeness (QED) is 0.456. The number of aliphatic hydroxyl groups is 1. The first-order chi connectivity index (χ1) is 4.74. The first kappa shape index (κ1) is 10.7. The van der Waals surface area contributed by atoms with Gasteiger partial charge in [-0.2, -0.15) is 0 Å². The van der Waals surface area contributed by atoms with Crippen molar-refractivity contribution in [1.29, 1.82) is 0 Å². The zero-order valence-electron chi connectivity index (χ0n) is 7.36. The molecule has 0 rings (SSSR count). The second-order valence-electron chi connectivity index (χ2n) is 2.35. The molecule has 0 saturated heterocycles. The first-order valence-corrected chi connectivity index (χ1v) is 10.1. The van der Waals surface area contributed by atoms with Crippen molar-refractivity contribution in [2.45, 2.75) is 20.8 Å². The monoisotopic (exact) mass is 259 g/mol. The van der Waals surface area contributed by atoms with Crippen molar-refractivity contribution in [2.75, 3.05) is 24.3 Å². The van der Waals surface area contributed by atoms with Gasteiger partial charge in [0.1, 0.15) is 0 Å². The van der Waals surface area contributed by atoms with Crippen LogP contribution in [0.1, 0.15) is 20.8 Å². The summed E-state index contributed by atoms with van der Waals surface area (Å²) in [5.74, 6) is 0. The summed E-state index contributed by atoms with van der Waals surface area (Å²) in [5.41, 5.74) is 0. The molecule has 0 bridgehead atoms. The maximum absolute atomic E-state index is 8.84. The zero-order valence-corrected chi connectivity index (χ0v) is 9.52. The number of alkyl halides is 4. The molecule has 0 fully saturated rings. The Kier molecular flexibility index (Phi) is 5.72. The van der Waals surface area contributed by atoms with E-state index in [1.165, 1.54) is 13.3 Å². The molecule has 0 amide bonds. The first-order valence-electron chi connectivity index (χ1n) is 4.01. The molecule has 0 unspecified atom stereocenters. The van der Waals surface area contributed by atoms with Gasteiger partial charge in [0.25, 0.3) is 0 Å². The summed E-state index contributed by atoms with van der Waals surface area (Å²) in [6.07, 6.45) is 0. The summed E-state index contributed by atoms with van der Waals surface area (Å²) in [5, 5.41) is 8.84. The second kappa shape index (κ2) is 5.35. The number of rotatable bonds is 5. The fourth-order valence-corrected chi connectivity index (χ4v) is 7.70. The van der Waals surface area contributed by atoms with Gasteiger partial charge in [-0.25, -0.2) is 0 Å². The van der Waals surface area contributed by atoms with Crippen LogP contribution in [0, 0.1) is 0 Å². The molecule has 0 aliphatic rings. The molecule has 0 aliphatic carbocycles. The van der Waals surface area contributed by atoms with E-state index in [1.54, 1.807) is 0 Å². The van der Waals surface area contributed by atoms with Crippen molar-refractivity contribution in [3.05, 3.63) is 0 Å². The van der Waals surface area contributed by atoms with Gasteiger partial charge in [0.05, 0.1) is 0 Å². The minimum absolute atomic E-state index is 0.423. The van der Waals surface area contributed by atoms with Gasteiger partial charge in [-0.1, -0.05) is 0 Å². The standard InChI is InChI=1S/C8H20IO/c1-4-9(5-2,6-3)7-8-10/h10H,4-8H2,1-3H3/q-1. The molecule has 66 valence electrons. The second-order valence-corrected chi connectivity index (χ2v) is 14.5. The number of halogens is 1. The number of aliphatic hydroxyl groups excluding tert-OH is 1. The molecule has 10 heavy (non-hydrogen) atoms. The molecule has 0 aromatic heterocycles. The van der Waals surface area contributed by atoms with Crippen molar-refractivity contribution in [3.63, 3.8) is 0 Å². The van der Waals surface area contributed by atoms with E-state index in [9.17, 15) is 0 Å². The van der Waals surface area contributed by atoms with E-state index in [0.29, 0.717) is 6.61 Å². The van der Waals surface area contributed by atoms with Crippen LogP contribution in [0.15, 0.2) is 0 Å². The van der Waals surface area contributed by atoms with Crippen molar-refractivity contribution in [3.8, 4) is 0 Å². The summed E-state index contributed by atoms with van der Waals surface area (Å²) >= 11 is -1.38. The van der Waals surface area contributed by atoms with E-state index >= 15 is 0 Å². The van der Waals surface area contributed by atoms with E-state index in [4.69, 9.17) is 5.11 Å². The van der Waals surface area contributed by atoms with Gasteiger partial charge in [-0.15, -0.1) is 0 Å². The molecular formula is C8H20IO-. The van der Waals surface area contributed by atoms with Crippen LogP contribution in [-0.2, 0) is 0 Å². The Bertz CT molecular complexity index is 71.1. The topological polar surface area (TPSA) is 20.2 Å². The Morgan fingerprint density at radius 2 is 1.40 bits per heavy atom. The van der Waals surface area contributed by atoms with Crippen LogP contribution in [0.25, 0.3) is 0 Å². The summed E-state index contributed by atoms with van der Waals surface area (Å²) in [6.45, 7) is 7.30. The van der Waals surface area contributed by atoms with Gasteiger partial charge in [-0.3, -0.25) is 0 Å². The Labute approximate surface area is 68.7 Å². The summed E-state index contributed by atoms with van der Waals surface area (Å²) in [7, 11) is 0. The average Bonchev–Trinajstić information content (AvgIpc) is 2.01. The van der Waals surface area contributed by atoms with Crippen LogP contribution in [0.4, 0.5) is 0 Å². The van der Waals surface area contributed by atoms with E-state index < -0.39 is 18.4 Å². The van der Waals surface area contributed by atoms with E-state index in [2.05, 4.69) is 20.8 Å². The van der Waals surface area contributed by atoms with Crippen molar-refractivity contribution in [2.24, 2.45) is 0 Å². The molecule has 0 aromatic carbocycles. The van der Waals surface area contributed by atoms with Gasteiger partial charge in [0, 0.05) is 0 Å². The van der Waals surface area contributed by atoms with E-state index in [-0.39, 0.29) is 0 Å². The molecule has 0 aliphatic heterocycles. The third kappa shape index (κ3) is 2.74. The van der Waals surface area contributed by atoms with Crippen molar-refractivity contribution < 1.29 is 23.5 Å². The van der Waals surface area contributed by atoms with Crippen LogP contribution in [-0.4, -0.2) is 29.4 Å². The molecule has 0 spiro atoms. The molecule has 0 radical (unpaired) electrons. The van der Waals surface area contributed by atoms with Gasteiger partial charge in [-0.05, 0) is 0 Å². The number of hydrogen-bond acceptors (Lipinski definition) is 1. The molecule has 2 heteroatoms. The van der Waals surface area contributed by atoms with Crippen LogP contribution < -0.4 is 18.4 Å². The normalized spacial score (nSPS) is 13.6. The van der Waals surface area contributed by atoms with Crippen molar-refractivity contribution in [1.82, 2.24) is 0 Å². The third-order valence-corrected chi connectivity index (χ3v) is 14.7. The maximum atomic E-state index is 8.84. The van der Waals surface area contributed by atoms with E-state index in [1.807, 2.05) is 0 Å². The van der Waals surface area contributed by atoms with Crippen LogP contribution in [0.5, 0.6) is 0 Å². The SMILES string of the molecule is CC[I-](CC)(CC)CCO. The van der Waals surface area contributed by atoms with Gasteiger partial charge < -0.3 is 0 Å². The predicted molar refractivity (Wildman–Crippen MR) is 43.6 cm³/mol. The molecule has 1 nitrogen and oxygen atoms in total. The molecule has 0 aromatic rings. The summed E-state index contributed by atoms with van der Waals surface area (Å²) in [4.78, 5) is 0. The number of hydrogen-bond donors (Lipinski definition) is 1. The third-order valence-electron chi connectivity index (χ3n) is 2.19. The molecule has 0 atom stereocenters. The zero-order chi connectivity index (χ0) is 8.04. The Morgan fingerprint density at radius 1 is 1.00 bits per heavy atom. The van der Waals surface area contributed by atoms with Gasteiger partial charge in [0.2, 0.25) is 0 Å². The average molecular weight is 259 g/mol. The molecular weight excluding hydrogens is 239 g/mol. The fraction of sp³-hybridized carbons (Fsp3) is 1.00. The Morgan fingerprint density at radius 3 is 1.50 bits per heavy atom. The van der Waals surface area contributed by atoms with E-state index in [0.717, 1.165) is 4.43 Å². The predicted octanol–water partition coefficient (Wildman–Crippen LogP) is -1.80. The molecule has 1 N–H and O–H groups in total. The van der Waals surface area contributed by atoms with Crippen LogP contribution in [0.2, 0.25) is 0 Å². The minimum atomic E-state index is -1.38. The molecule has 0 heterocycles. The summed E-state index contributed by atoms with van der Waals surface area (Å²) < 4.78 is 5.27. The fourth-order valence-electron chi connectivity index (χ4n) is 1.15. The van der Waals surface area contributed by atoms with Gasteiger partial charge >= 0.3 is 68.6 Å². The summed E-state index contributed by atoms with van der Waals surface area (Å²) in [6, 6.07) is 0. The van der Waals surface area contributed by atoms with Crippen LogP contribution >= 0.6 is 0 Å².